The number of aromatic hydroxyl groups is 1. The zero-order valence-electron chi connectivity index (χ0n) is 12.6. The lowest BCUT2D eigenvalue weighted by Gasteiger charge is -2.39. The second-order valence-corrected chi connectivity index (χ2v) is 5.71. The summed E-state index contributed by atoms with van der Waals surface area (Å²) in [5.74, 6) is -2.32. The zero-order chi connectivity index (χ0) is 17.9. The highest BCUT2D eigenvalue weighted by molar-refractivity contribution is 5.87. The van der Waals surface area contributed by atoms with Crippen molar-refractivity contribution in [3.63, 3.8) is 0 Å². The summed E-state index contributed by atoms with van der Waals surface area (Å²) in [6.07, 6.45) is -2.98. The average molecular weight is 338 g/mol. The first-order valence-corrected chi connectivity index (χ1v) is 7.21. The van der Waals surface area contributed by atoms with Gasteiger partial charge in [-0.05, 0) is 23.8 Å². The van der Waals surface area contributed by atoms with Crippen LogP contribution in [-0.4, -0.2) is 61.4 Å². The summed E-state index contributed by atoms with van der Waals surface area (Å²) in [5, 5.41) is 47.7. The Balaban J connectivity index is 1.98. The van der Waals surface area contributed by atoms with Crippen molar-refractivity contribution >= 4 is 18.0 Å². The SMILES string of the molecule is O=C(/C=C/c1ccc(O)cc1)OC1C(O)CC(O)(C(=O)O)C[C@@H]1O. The quantitative estimate of drug-likeness (QED) is 0.370. The predicted molar refractivity (Wildman–Crippen MR) is 80.9 cm³/mol. The maximum Gasteiger partial charge on any atom is 0.335 e. The number of carbonyl (C=O) groups is 2. The number of aliphatic hydroxyl groups is 3. The molecule has 5 N–H and O–H groups in total. The zero-order valence-corrected chi connectivity index (χ0v) is 12.6. The second kappa shape index (κ2) is 7.00. The van der Waals surface area contributed by atoms with Crippen LogP contribution in [0.5, 0.6) is 5.75 Å². The lowest BCUT2D eigenvalue weighted by Crippen LogP contribution is -2.57. The van der Waals surface area contributed by atoms with Crippen LogP contribution in [0.15, 0.2) is 30.3 Å². The molecule has 1 fully saturated rings. The van der Waals surface area contributed by atoms with Gasteiger partial charge in [0.25, 0.3) is 0 Å². The number of rotatable bonds is 4. The first-order chi connectivity index (χ1) is 11.2. The Kier molecular flexibility index (Phi) is 5.23. The first-order valence-electron chi connectivity index (χ1n) is 7.21. The highest BCUT2D eigenvalue weighted by Gasteiger charge is 2.50. The minimum atomic E-state index is -2.26. The van der Waals surface area contributed by atoms with Crippen molar-refractivity contribution in [2.75, 3.05) is 0 Å². The van der Waals surface area contributed by atoms with Crippen LogP contribution in [0.3, 0.4) is 0 Å². The third kappa shape index (κ3) is 4.10. The predicted octanol–water partition coefficient (Wildman–Crippen LogP) is -0.352. The van der Waals surface area contributed by atoms with E-state index in [9.17, 15) is 24.9 Å². The van der Waals surface area contributed by atoms with E-state index in [1.54, 1.807) is 12.1 Å². The highest BCUT2D eigenvalue weighted by Crippen LogP contribution is 2.31. The van der Waals surface area contributed by atoms with Crippen LogP contribution in [0.2, 0.25) is 0 Å². The molecule has 0 saturated heterocycles. The van der Waals surface area contributed by atoms with Gasteiger partial charge in [-0.3, -0.25) is 0 Å². The maximum absolute atomic E-state index is 11.8. The number of hydrogen-bond acceptors (Lipinski definition) is 7. The van der Waals surface area contributed by atoms with Gasteiger partial charge in [-0.15, -0.1) is 0 Å². The lowest BCUT2D eigenvalue weighted by molar-refractivity contribution is -0.196. The van der Waals surface area contributed by atoms with Gasteiger partial charge in [0.15, 0.2) is 11.7 Å². The van der Waals surface area contributed by atoms with E-state index < -0.39 is 48.7 Å². The van der Waals surface area contributed by atoms with Crippen LogP contribution in [0.25, 0.3) is 6.08 Å². The molecule has 24 heavy (non-hydrogen) atoms. The molecule has 1 aliphatic rings. The molecule has 1 aromatic carbocycles. The van der Waals surface area contributed by atoms with Crippen LogP contribution in [0.1, 0.15) is 18.4 Å². The van der Waals surface area contributed by atoms with E-state index in [1.807, 2.05) is 0 Å². The van der Waals surface area contributed by atoms with Crippen molar-refractivity contribution in [2.45, 2.75) is 36.8 Å². The molecule has 0 radical (unpaired) electrons. The molecule has 4 atom stereocenters. The Hall–Kier alpha value is -2.42. The molecule has 3 unspecified atom stereocenters. The molecule has 0 spiro atoms. The topological polar surface area (TPSA) is 145 Å². The molecular weight excluding hydrogens is 320 g/mol. The molecule has 0 aromatic heterocycles. The lowest BCUT2D eigenvalue weighted by atomic mass is 9.79. The van der Waals surface area contributed by atoms with Crippen molar-refractivity contribution in [3.8, 4) is 5.75 Å². The Morgan fingerprint density at radius 2 is 1.67 bits per heavy atom. The third-order valence-corrected chi connectivity index (χ3v) is 3.81. The fraction of sp³-hybridized carbons (Fsp3) is 0.375. The molecule has 130 valence electrons. The second-order valence-electron chi connectivity index (χ2n) is 5.71. The Morgan fingerprint density at radius 3 is 2.17 bits per heavy atom. The Bertz CT molecular complexity index is 624. The number of phenols is 1. The molecule has 1 aliphatic carbocycles. The summed E-state index contributed by atoms with van der Waals surface area (Å²) in [4.78, 5) is 22.7. The number of benzene rings is 1. The summed E-state index contributed by atoms with van der Waals surface area (Å²) in [7, 11) is 0. The van der Waals surface area contributed by atoms with E-state index >= 15 is 0 Å². The number of carbonyl (C=O) groups excluding carboxylic acids is 1. The number of carboxylic acid groups (broad SMARTS) is 1. The van der Waals surface area contributed by atoms with Crippen molar-refractivity contribution in [3.05, 3.63) is 35.9 Å². The molecule has 8 nitrogen and oxygen atoms in total. The minimum Gasteiger partial charge on any atom is -0.508 e. The molecule has 2 rings (SSSR count). The number of aliphatic carboxylic acids is 1. The molecule has 1 saturated carbocycles. The van der Waals surface area contributed by atoms with E-state index in [0.717, 1.165) is 6.08 Å². The van der Waals surface area contributed by atoms with E-state index in [0.29, 0.717) is 5.56 Å². The van der Waals surface area contributed by atoms with Crippen molar-refractivity contribution in [1.29, 1.82) is 0 Å². The van der Waals surface area contributed by atoms with Crippen LogP contribution in [0.4, 0.5) is 0 Å². The summed E-state index contributed by atoms with van der Waals surface area (Å²) < 4.78 is 4.96. The number of carboxylic acids is 1. The molecular formula is C16H18O8. The Labute approximate surface area is 137 Å². The van der Waals surface area contributed by atoms with Gasteiger partial charge in [-0.1, -0.05) is 12.1 Å². The van der Waals surface area contributed by atoms with Gasteiger partial charge in [0, 0.05) is 18.9 Å². The van der Waals surface area contributed by atoms with Crippen molar-refractivity contribution < 1.29 is 39.9 Å². The Morgan fingerprint density at radius 1 is 1.12 bits per heavy atom. The van der Waals surface area contributed by atoms with Gasteiger partial charge in [0.1, 0.15) is 5.75 Å². The van der Waals surface area contributed by atoms with E-state index in [2.05, 4.69) is 0 Å². The molecule has 8 heteroatoms. The van der Waals surface area contributed by atoms with Gasteiger partial charge < -0.3 is 30.3 Å². The third-order valence-electron chi connectivity index (χ3n) is 3.81. The summed E-state index contributed by atoms with van der Waals surface area (Å²) in [6, 6.07) is 6.01. The number of ether oxygens (including phenoxy) is 1. The molecule has 0 bridgehead atoms. The molecule has 0 aliphatic heterocycles. The van der Waals surface area contributed by atoms with Crippen molar-refractivity contribution in [1.82, 2.24) is 0 Å². The fourth-order valence-corrected chi connectivity index (χ4v) is 2.52. The molecule has 0 heterocycles. The number of esters is 1. The van der Waals surface area contributed by atoms with Gasteiger partial charge in [0.05, 0.1) is 12.2 Å². The fourth-order valence-electron chi connectivity index (χ4n) is 2.52. The smallest absolute Gasteiger partial charge is 0.335 e. The van der Waals surface area contributed by atoms with Crippen LogP contribution >= 0.6 is 0 Å². The highest BCUT2D eigenvalue weighted by atomic mass is 16.6. The van der Waals surface area contributed by atoms with E-state index in [1.165, 1.54) is 18.2 Å². The van der Waals surface area contributed by atoms with E-state index in [4.69, 9.17) is 14.9 Å². The van der Waals surface area contributed by atoms with Crippen LogP contribution in [-0.2, 0) is 14.3 Å². The van der Waals surface area contributed by atoms with Crippen molar-refractivity contribution in [2.24, 2.45) is 0 Å². The summed E-state index contributed by atoms with van der Waals surface area (Å²) >= 11 is 0. The van der Waals surface area contributed by atoms with Crippen LogP contribution in [0, 0.1) is 0 Å². The molecule has 0 amide bonds. The maximum atomic E-state index is 11.8. The van der Waals surface area contributed by atoms with Gasteiger partial charge >= 0.3 is 11.9 Å². The van der Waals surface area contributed by atoms with E-state index in [-0.39, 0.29) is 5.75 Å². The number of phenolic OH excluding ortho intramolecular Hbond substituents is 1. The summed E-state index contributed by atoms with van der Waals surface area (Å²) in [5.41, 5.74) is -1.64. The summed E-state index contributed by atoms with van der Waals surface area (Å²) in [6.45, 7) is 0. The standard InChI is InChI=1S/C16H18O8/c17-10-4-1-9(2-5-10)3-6-13(20)24-14-11(18)7-16(23,15(21)22)8-12(14)19/h1-6,11-12,14,17-19,23H,7-8H2,(H,21,22)/b6-3+/t11-,12?,14?,16?/m0/s1. The largest absolute Gasteiger partial charge is 0.508 e. The number of aliphatic hydroxyl groups excluding tert-OH is 2. The normalized spacial score (nSPS) is 30.2. The van der Waals surface area contributed by atoms with Gasteiger partial charge in [-0.2, -0.15) is 0 Å². The first kappa shape index (κ1) is 17.9. The van der Waals surface area contributed by atoms with Crippen LogP contribution < -0.4 is 0 Å². The van der Waals surface area contributed by atoms with Gasteiger partial charge in [-0.25, -0.2) is 9.59 Å². The van der Waals surface area contributed by atoms with Gasteiger partial charge in [0.2, 0.25) is 0 Å². The number of hydrogen-bond donors (Lipinski definition) is 5. The average Bonchev–Trinajstić information content (AvgIpc) is 2.50. The molecule has 1 aromatic rings. The minimum absolute atomic E-state index is 0.0779. The monoisotopic (exact) mass is 338 g/mol.